The molecule has 0 saturated heterocycles. The van der Waals surface area contributed by atoms with Crippen molar-refractivity contribution >= 4 is 5.91 Å². The normalized spacial score (nSPS) is 11.6. The van der Waals surface area contributed by atoms with E-state index in [4.69, 9.17) is 5.26 Å². The van der Waals surface area contributed by atoms with Crippen LogP contribution in [0.2, 0.25) is 0 Å². The molecule has 0 aliphatic rings. The number of hydrogen-bond donors (Lipinski definition) is 1. The third-order valence-electron chi connectivity index (χ3n) is 3.25. The first-order valence-corrected chi connectivity index (χ1v) is 6.84. The van der Waals surface area contributed by atoms with Gasteiger partial charge < -0.3 is 5.32 Å². The molecule has 1 heterocycles. The van der Waals surface area contributed by atoms with E-state index < -0.39 is 0 Å². The predicted molar refractivity (Wildman–Crippen MR) is 77.2 cm³/mol. The van der Waals surface area contributed by atoms with Gasteiger partial charge in [-0.2, -0.15) is 5.26 Å². The third-order valence-corrected chi connectivity index (χ3v) is 3.25. The number of aromatic nitrogens is 3. The minimum Gasteiger partial charge on any atom is -0.354 e. The molecule has 1 N–H and O–H groups in total. The van der Waals surface area contributed by atoms with Gasteiger partial charge in [0.25, 0.3) is 5.82 Å². The molecule has 21 heavy (non-hydrogen) atoms. The smallest absolute Gasteiger partial charge is 0.252 e. The fourth-order valence-corrected chi connectivity index (χ4v) is 2.09. The van der Waals surface area contributed by atoms with Crippen molar-refractivity contribution in [1.29, 1.82) is 5.26 Å². The van der Waals surface area contributed by atoms with E-state index in [9.17, 15) is 4.79 Å². The molecule has 1 aromatic heterocycles. The summed E-state index contributed by atoms with van der Waals surface area (Å²) in [5.74, 6) is 0.220. The minimum atomic E-state index is -0.140. The molecule has 1 aromatic carbocycles. The average Bonchev–Trinajstić information content (AvgIpc) is 2.96. The standard InChI is InChI=1S/C15H17N5O/c1-2-12(13-6-4-3-5-7-13)9-17-15(21)10-20-11-18-14(8-16)19-20/h3-7,11-12H,2,9-10H2,1H3,(H,17,21). The first-order valence-electron chi connectivity index (χ1n) is 6.84. The molecule has 0 saturated carbocycles. The zero-order valence-corrected chi connectivity index (χ0v) is 11.9. The summed E-state index contributed by atoms with van der Waals surface area (Å²) in [5, 5.41) is 15.4. The lowest BCUT2D eigenvalue weighted by molar-refractivity contribution is -0.121. The van der Waals surface area contributed by atoms with Gasteiger partial charge >= 0.3 is 0 Å². The summed E-state index contributed by atoms with van der Waals surface area (Å²) in [4.78, 5) is 15.6. The molecular weight excluding hydrogens is 266 g/mol. The summed E-state index contributed by atoms with van der Waals surface area (Å²) >= 11 is 0. The van der Waals surface area contributed by atoms with Gasteiger partial charge in [-0.15, -0.1) is 5.10 Å². The number of nitriles is 1. The minimum absolute atomic E-state index is 0.0681. The second-order valence-electron chi connectivity index (χ2n) is 4.70. The molecule has 1 atom stereocenters. The monoisotopic (exact) mass is 283 g/mol. The van der Waals surface area contributed by atoms with Gasteiger partial charge in [0.15, 0.2) is 0 Å². The Morgan fingerprint density at radius 2 is 2.19 bits per heavy atom. The number of carbonyl (C=O) groups excluding carboxylic acids is 1. The van der Waals surface area contributed by atoms with E-state index in [-0.39, 0.29) is 18.3 Å². The van der Waals surface area contributed by atoms with Crippen LogP contribution in [-0.4, -0.2) is 27.2 Å². The van der Waals surface area contributed by atoms with Crippen molar-refractivity contribution in [2.75, 3.05) is 6.54 Å². The van der Waals surface area contributed by atoms with Crippen molar-refractivity contribution in [2.24, 2.45) is 0 Å². The second-order valence-corrected chi connectivity index (χ2v) is 4.70. The van der Waals surface area contributed by atoms with E-state index in [1.807, 2.05) is 24.3 Å². The Kier molecular flexibility index (Phi) is 5.04. The van der Waals surface area contributed by atoms with Gasteiger partial charge in [-0.05, 0) is 12.0 Å². The number of nitrogens with one attached hydrogen (secondary N) is 1. The van der Waals surface area contributed by atoms with Gasteiger partial charge in [0.1, 0.15) is 18.9 Å². The summed E-state index contributed by atoms with van der Waals surface area (Å²) in [6.07, 6.45) is 2.33. The van der Waals surface area contributed by atoms with Crippen molar-refractivity contribution in [3.8, 4) is 6.07 Å². The van der Waals surface area contributed by atoms with Crippen LogP contribution in [0.25, 0.3) is 0 Å². The van der Waals surface area contributed by atoms with E-state index in [1.165, 1.54) is 16.6 Å². The lowest BCUT2D eigenvalue weighted by Crippen LogP contribution is -2.31. The van der Waals surface area contributed by atoms with Gasteiger partial charge in [0.2, 0.25) is 5.91 Å². The highest BCUT2D eigenvalue weighted by Gasteiger charge is 2.11. The molecule has 108 valence electrons. The van der Waals surface area contributed by atoms with Crippen molar-refractivity contribution < 1.29 is 4.79 Å². The Morgan fingerprint density at radius 3 is 2.81 bits per heavy atom. The van der Waals surface area contributed by atoms with Crippen LogP contribution < -0.4 is 5.32 Å². The van der Waals surface area contributed by atoms with E-state index in [0.717, 1.165) is 6.42 Å². The van der Waals surface area contributed by atoms with Crippen LogP contribution in [0.4, 0.5) is 0 Å². The number of carbonyl (C=O) groups is 1. The molecular formula is C15H17N5O. The van der Waals surface area contributed by atoms with Crippen LogP contribution in [0.3, 0.4) is 0 Å². The molecule has 6 heteroatoms. The van der Waals surface area contributed by atoms with Crippen LogP contribution in [0.1, 0.15) is 30.7 Å². The summed E-state index contributed by atoms with van der Waals surface area (Å²) in [5.41, 5.74) is 1.22. The fourth-order valence-electron chi connectivity index (χ4n) is 2.09. The van der Waals surface area contributed by atoms with Crippen LogP contribution in [0, 0.1) is 11.3 Å². The van der Waals surface area contributed by atoms with Crippen LogP contribution in [0.15, 0.2) is 36.7 Å². The Morgan fingerprint density at radius 1 is 1.43 bits per heavy atom. The number of nitrogens with zero attached hydrogens (tertiary/aromatic N) is 4. The van der Waals surface area contributed by atoms with Crippen molar-refractivity contribution in [2.45, 2.75) is 25.8 Å². The highest BCUT2D eigenvalue weighted by molar-refractivity contribution is 5.75. The summed E-state index contributed by atoms with van der Waals surface area (Å²) in [6.45, 7) is 2.75. The zero-order valence-electron chi connectivity index (χ0n) is 11.9. The largest absolute Gasteiger partial charge is 0.354 e. The first kappa shape index (κ1) is 14.7. The van der Waals surface area contributed by atoms with Crippen molar-refractivity contribution in [3.05, 3.63) is 48.0 Å². The van der Waals surface area contributed by atoms with Crippen molar-refractivity contribution in [3.63, 3.8) is 0 Å². The maximum absolute atomic E-state index is 11.9. The summed E-state index contributed by atoms with van der Waals surface area (Å²) in [6, 6.07) is 11.9. The molecule has 0 bridgehead atoms. The number of hydrogen-bond acceptors (Lipinski definition) is 4. The molecule has 2 rings (SSSR count). The molecule has 0 aliphatic carbocycles. The van der Waals surface area contributed by atoms with Gasteiger partial charge in [-0.3, -0.25) is 4.79 Å². The quantitative estimate of drug-likeness (QED) is 0.870. The van der Waals surface area contributed by atoms with Crippen LogP contribution in [0.5, 0.6) is 0 Å². The molecule has 6 nitrogen and oxygen atoms in total. The predicted octanol–water partition coefficient (Wildman–Crippen LogP) is 1.46. The van der Waals surface area contributed by atoms with Gasteiger partial charge in [-0.25, -0.2) is 9.67 Å². The maximum Gasteiger partial charge on any atom is 0.252 e. The van der Waals surface area contributed by atoms with Crippen LogP contribution in [-0.2, 0) is 11.3 Å². The average molecular weight is 283 g/mol. The summed E-state index contributed by atoms with van der Waals surface area (Å²) in [7, 11) is 0. The van der Waals surface area contributed by atoms with E-state index in [0.29, 0.717) is 12.5 Å². The molecule has 0 fully saturated rings. The Bertz CT molecular complexity index is 629. The lowest BCUT2D eigenvalue weighted by Gasteiger charge is -2.16. The molecule has 1 amide bonds. The SMILES string of the molecule is CCC(CNC(=O)Cn1cnc(C#N)n1)c1ccccc1. The number of amides is 1. The van der Waals surface area contributed by atoms with E-state index >= 15 is 0 Å². The lowest BCUT2D eigenvalue weighted by atomic mass is 9.96. The van der Waals surface area contributed by atoms with Crippen LogP contribution >= 0.6 is 0 Å². The Hall–Kier alpha value is -2.68. The highest BCUT2D eigenvalue weighted by atomic mass is 16.2. The van der Waals surface area contributed by atoms with Gasteiger partial charge in [0.05, 0.1) is 0 Å². The molecule has 0 spiro atoms. The zero-order chi connectivity index (χ0) is 15.1. The number of rotatable bonds is 6. The molecule has 0 aliphatic heterocycles. The maximum atomic E-state index is 11.9. The fraction of sp³-hybridized carbons (Fsp3) is 0.333. The van der Waals surface area contributed by atoms with E-state index in [2.05, 4.69) is 34.5 Å². The topological polar surface area (TPSA) is 83.6 Å². The Labute approximate surface area is 123 Å². The molecule has 0 radical (unpaired) electrons. The number of benzene rings is 1. The second kappa shape index (κ2) is 7.20. The van der Waals surface area contributed by atoms with Gasteiger partial charge in [0, 0.05) is 12.5 Å². The molecule has 2 aromatic rings. The highest BCUT2D eigenvalue weighted by Crippen LogP contribution is 2.17. The Balaban J connectivity index is 1.87. The van der Waals surface area contributed by atoms with Gasteiger partial charge in [-0.1, -0.05) is 37.3 Å². The summed E-state index contributed by atoms with van der Waals surface area (Å²) < 4.78 is 1.36. The third kappa shape index (κ3) is 4.14. The van der Waals surface area contributed by atoms with E-state index in [1.54, 1.807) is 0 Å². The molecule has 1 unspecified atom stereocenters. The van der Waals surface area contributed by atoms with Crippen molar-refractivity contribution in [1.82, 2.24) is 20.1 Å². The first-order chi connectivity index (χ1) is 10.2.